The van der Waals surface area contributed by atoms with E-state index in [0.29, 0.717) is 23.6 Å². The molecule has 1 aliphatic heterocycles. The molecule has 2 aromatic carbocycles. The molecule has 6 nitrogen and oxygen atoms in total. The molecule has 0 aromatic heterocycles. The second kappa shape index (κ2) is 7.79. The van der Waals surface area contributed by atoms with E-state index in [9.17, 15) is 14.4 Å². The number of para-hydroxylation sites is 3. The third-order valence-electron chi connectivity index (χ3n) is 4.65. The lowest BCUT2D eigenvalue weighted by Gasteiger charge is -2.28. The zero-order valence-corrected chi connectivity index (χ0v) is 16.3. The SMILES string of the molecule is CC(C)(C)CCN1C(=O)C(N=C=O)C(=O)N(c2ccccc2)c2ccccc21. The van der Waals surface area contributed by atoms with Gasteiger partial charge in [0.05, 0.1) is 11.4 Å². The number of aliphatic imine (C=N–C) groups is 1. The maximum absolute atomic E-state index is 13.3. The summed E-state index contributed by atoms with van der Waals surface area (Å²) in [5.74, 6) is -1.08. The number of rotatable bonds is 4. The minimum atomic E-state index is -1.45. The van der Waals surface area contributed by atoms with E-state index in [1.165, 1.54) is 11.0 Å². The first kappa shape index (κ1) is 19.5. The number of hydrogen-bond donors (Lipinski definition) is 0. The van der Waals surface area contributed by atoms with Gasteiger partial charge < -0.3 is 4.90 Å². The van der Waals surface area contributed by atoms with Crippen molar-refractivity contribution in [2.75, 3.05) is 16.3 Å². The highest BCUT2D eigenvalue weighted by Crippen LogP contribution is 2.38. The smallest absolute Gasteiger partial charge is 0.267 e. The first-order chi connectivity index (χ1) is 13.3. The van der Waals surface area contributed by atoms with Gasteiger partial charge in [-0.1, -0.05) is 51.1 Å². The Bertz CT molecular complexity index is 928. The molecule has 0 saturated carbocycles. The highest BCUT2D eigenvalue weighted by atomic mass is 16.2. The van der Waals surface area contributed by atoms with Crippen LogP contribution in [0.4, 0.5) is 17.1 Å². The summed E-state index contributed by atoms with van der Waals surface area (Å²) in [6.45, 7) is 6.68. The maximum atomic E-state index is 13.3. The van der Waals surface area contributed by atoms with E-state index in [0.717, 1.165) is 6.42 Å². The summed E-state index contributed by atoms with van der Waals surface area (Å²) in [5, 5.41) is 0. The van der Waals surface area contributed by atoms with Crippen LogP contribution >= 0.6 is 0 Å². The predicted molar refractivity (Wildman–Crippen MR) is 108 cm³/mol. The summed E-state index contributed by atoms with van der Waals surface area (Å²) >= 11 is 0. The number of isocyanates is 1. The molecule has 6 heteroatoms. The van der Waals surface area contributed by atoms with E-state index >= 15 is 0 Å². The third-order valence-corrected chi connectivity index (χ3v) is 4.65. The number of amides is 2. The summed E-state index contributed by atoms with van der Waals surface area (Å²) in [6, 6.07) is 14.8. The van der Waals surface area contributed by atoms with Crippen molar-refractivity contribution in [2.45, 2.75) is 33.2 Å². The molecule has 0 aliphatic carbocycles. The Hall–Kier alpha value is -3.24. The molecule has 2 amide bonds. The van der Waals surface area contributed by atoms with Gasteiger partial charge in [-0.05, 0) is 36.1 Å². The van der Waals surface area contributed by atoms with Crippen LogP contribution in [0.2, 0.25) is 0 Å². The first-order valence-electron chi connectivity index (χ1n) is 9.20. The molecule has 0 spiro atoms. The van der Waals surface area contributed by atoms with Gasteiger partial charge in [-0.3, -0.25) is 14.5 Å². The van der Waals surface area contributed by atoms with Crippen molar-refractivity contribution in [3.63, 3.8) is 0 Å². The largest absolute Gasteiger partial charge is 0.308 e. The molecule has 144 valence electrons. The van der Waals surface area contributed by atoms with Gasteiger partial charge in [-0.2, -0.15) is 4.99 Å². The molecular formula is C22H23N3O3. The van der Waals surface area contributed by atoms with Crippen LogP contribution in [0, 0.1) is 5.41 Å². The molecule has 3 rings (SSSR count). The average Bonchev–Trinajstić information content (AvgIpc) is 2.74. The Morgan fingerprint density at radius 1 is 0.929 bits per heavy atom. The molecule has 0 N–H and O–H groups in total. The minimum absolute atomic E-state index is 0.00588. The number of carbonyl (C=O) groups is 2. The Morgan fingerprint density at radius 2 is 1.54 bits per heavy atom. The van der Waals surface area contributed by atoms with Crippen LogP contribution in [-0.2, 0) is 14.4 Å². The molecule has 0 fully saturated rings. The lowest BCUT2D eigenvalue weighted by Crippen LogP contribution is -2.44. The number of benzene rings is 2. The van der Waals surface area contributed by atoms with E-state index < -0.39 is 17.9 Å². The lowest BCUT2D eigenvalue weighted by atomic mass is 9.92. The topological polar surface area (TPSA) is 70.0 Å². The third kappa shape index (κ3) is 3.87. The fourth-order valence-corrected chi connectivity index (χ4v) is 3.18. The van der Waals surface area contributed by atoms with Gasteiger partial charge in [-0.15, -0.1) is 0 Å². The summed E-state index contributed by atoms with van der Waals surface area (Å²) in [7, 11) is 0. The highest BCUT2D eigenvalue weighted by Gasteiger charge is 2.41. The number of hydrogen-bond acceptors (Lipinski definition) is 4. The summed E-state index contributed by atoms with van der Waals surface area (Å²) in [4.78, 5) is 44.0. The van der Waals surface area contributed by atoms with E-state index in [4.69, 9.17) is 0 Å². The molecule has 1 unspecified atom stereocenters. The molecule has 2 aromatic rings. The Labute approximate surface area is 164 Å². The molecule has 1 atom stereocenters. The van der Waals surface area contributed by atoms with Crippen molar-refractivity contribution in [1.82, 2.24) is 0 Å². The quantitative estimate of drug-likeness (QED) is 0.462. The van der Waals surface area contributed by atoms with Crippen LogP contribution in [0.15, 0.2) is 59.6 Å². The first-order valence-corrected chi connectivity index (χ1v) is 9.20. The normalized spacial score (nSPS) is 17.0. The lowest BCUT2D eigenvalue weighted by molar-refractivity contribution is -0.127. The Kier molecular flexibility index (Phi) is 5.43. The van der Waals surface area contributed by atoms with E-state index in [1.54, 1.807) is 23.1 Å². The van der Waals surface area contributed by atoms with Crippen molar-refractivity contribution >= 4 is 35.0 Å². The van der Waals surface area contributed by atoms with Crippen molar-refractivity contribution in [3.05, 3.63) is 54.6 Å². The van der Waals surface area contributed by atoms with Crippen molar-refractivity contribution in [1.29, 1.82) is 0 Å². The van der Waals surface area contributed by atoms with E-state index in [-0.39, 0.29) is 5.41 Å². The van der Waals surface area contributed by atoms with Crippen LogP contribution in [0.25, 0.3) is 0 Å². The highest BCUT2D eigenvalue weighted by molar-refractivity contribution is 6.23. The van der Waals surface area contributed by atoms with E-state index in [2.05, 4.69) is 25.8 Å². The van der Waals surface area contributed by atoms with Crippen LogP contribution in [0.3, 0.4) is 0 Å². The van der Waals surface area contributed by atoms with Gasteiger partial charge in [-0.25, -0.2) is 4.79 Å². The summed E-state index contributed by atoms with van der Waals surface area (Å²) in [5.41, 5.74) is 1.81. The molecule has 1 aliphatic rings. The van der Waals surface area contributed by atoms with Crippen LogP contribution in [-0.4, -0.2) is 30.5 Å². The molecule has 0 radical (unpaired) electrons. The van der Waals surface area contributed by atoms with Crippen molar-refractivity contribution < 1.29 is 14.4 Å². The van der Waals surface area contributed by atoms with Crippen molar-refractivity contribution in [3.8, 4) is 0 Å². The number of nitrogens with zero attached hydrogens (tertiary/aromatic N) is 3. The minimum Gasteiger partial charge on any atom is -0.308 e. The van der Waals surface area contributed by atoms with Gasteiger partial charge >= 0.3 is 0 Å². The molecule has 1 heterocycles. The standard InChI is InChI=1S/C22H23N3O3/c1-22(2,3)13-14-24-17-11-7-8-12-18(17)25(16-9-5-4-6-10-16)21(28)19(20(24)27)23-15-26/h4-12,19H,13-14H2,1-3H3. The van der Waals surface area contributed by atoms with E-state index in [1.807, 2.05) is 36.4 Å². The molecule has 0 saturated heterocycles. The van der Waals surface area contributed by atoms with Crippen LogP contribution < -0.4 is 9.80 Å². The summed E-state index contributed by atoms with van der Waals surface area (Å²) in [6.07, 6.45) is 2.12. The molecule has 0 bridgehead atoms. The fourth-order valence-electron chi connectivity index (χ4n) is 3.18. The molecule has 28 heavy (non-hydrogen) atoms. The Morgan fingerprint density at radius 3 is 2.14 bits per heavy atom. The number of anilines is 3. The van der Waals surface area contributed by atoms with Gasteiger partial charge in [0.15, 0.2) is 0 Å². The zero-order chi connectivity index (χ0) is 20.3. The van der Waals surface area contributed by atoms with Gasteiger partial charge in [0, 0.05) is 12.2 Å². The Balaban J connectivity index is 2.18. The van der Waals surface area contributed by atoms with Gasteiger partial charge in [0.2, 0.25) is 12.1 Å². The molecular weight excluding hydrogens is 354 g/mol. The summed E-state index contributed by atoms with van der Waals surface area (Å²) < 4.78 is 0. The predicted octanol–water partition coefficient (Wildman–Crippen LogP) is 3.84. The maximum Gasteiger partial charge on any atom is 0.267 e. The number of carbonyl (C=O) groups excluding carboxylic acids is 3. The van der Waals surface area contributed by atoms with Gasteiger partial charge in [0.1, 0.15) is 0 Å². The fraction of sp³-hybridized carbons (Fsp3) is 0.318. The van der Waals surface area contributed by atoms with Crippen LogP contribution in [0.1, 0.15) is 27.2 Å². The van der Waals surface area contributed by atoms with Crippen LogP contribution in [0.5, 0.6) is 0 Å². The monoisotopic (exact) mass is 377 g/mol. The average molecular weight is 377 g/mol. The number of fused-ring (bicyclic) bond motifs is 1. The second-order valence-electron chi connectivity index (χ2n) is 7.92. The zero-order valence-electron chi connectivity index (χ0n) is 16.3. The van der Waals surface area contributed by atoms with Gasteiger partial charge in [0.25, 0.3) is 11.8 Å². The second-order valence-corrected chi connectivity index (χ2v) is 7.92. The van der Waals surface area contributed by atoms with Crippen molar-refractivity contribution in [2.24, 2.45) is 10.4 Å².